The van der Waals surface area contributed by atoms with Crippen molar-refractivity contribution in [3.8, 4) is 22.3 Å². The van der Waals surface area contributed by atoms with Crippen LogP contribution in [0.2, 0.25) is 0 Å². The quantitative estimate of drug-likeness (QED) is 0.160. The van der Waals surface area contributed by atoms with Crippen LogP contribution in [0.4, 0.5) is 22.7 Å². The lowest BCUT2D eigenvalue weighted by atomic mass is 9.81. The van der Waals surface area contributed by atoms with Crippen molar-refractivity contribution in [2.24, 2.45) is 0 Å². The highest BCUT2D eigenvalue weighted by atomic mass is 15.2. The van der Waals surface area contributed by atoms with Crippen LogP contribution < -0.4 is 9.80 Å². The highest BCUT2D eigenvalue weighted by Gasteiger charge is 2.38. The summed E-state index contributed by atoms with van der Waals surface area (Å²) in [5.41, 5.74) is 17.4. The first-order valence-electron chi connectivity index (χ1n) is 21.7. The first kappa shape index (κ1) is 37.1. The molecule has 2 nitrogen and oxygen atoms in total. The summed E-state index contributed by atoms with van der Waals surface area (Å²) in [5, 5.41) is 4.99. The zero-order valence-electron chi connectivity index (χ0n) is 35.9. The number of hydrogen-bond acceptors (Lipinski definition) is 2. The summed E-state index contributed by atoms with van der Waals surface area (Å²) in [6, 6.07) is 58.8. The van der Waals surface area contributed by atoms with Crippen LogP contribution in [0.1, 0.15) is 74.9 Å². The molecule has 8 aromatic rings. The molecule has 0 unspecified atom stereocenters. The van der Waals surface area contributed by atoms with E-state index in [1.807, 2.05) is 0 Å². The molecule has 0 fully saturated rings. The van der Waals surface area contributed by atoms with Crippen LogP contribution in [-0.2, 0) is 5.41 Å². The predicted octanol–water partition coefficient (Wildman–Crippen LogP) is 16.0. The lowest BCUT2D eigenvalue weighted by Crippen LogP contribution is -2.40. The van der Waals surface area contributed by atoms with Gasteiger partial charge < -0.3 is 9.80 Å². The van der Waals surface area contributed by atoms with Crippen molar-refractivity contribution in [1.29, 1.82) is 0 Å². The van der Waals surface area contributed by atoms with Crippen molar-refractivity contribution in [1.82, 2.24) is 0 Å². The number of rotatable bonds is 5. The summed E-state index contributed by atoms with van der Waals surface area (Å²) in [4.78, 5) is 4.96. The van der Waals surface area contributed by atoms with Gasteiger partial charge in [-0.25, -0.2) is 0 Å². The molecule has 2 aliphatic heterocycles. The Hall–Kier alpha value is -6.90. The highest BCUT2D eigenvalue weighted by molar-refractivity contribution is 6.04. The summed E-state index contributed by atoms with van der Waals surface area (Å²) in [6.45, 7) is 13.9. The Labute approximate surface area is 360 Å². The third-order valence-electron chi connectivity index (χ3n) is 13.6. The lowest BCUT2D eigenvalue weighted by molar-refractivity contribution is 0.622. The Morgan fingerprint density at radius 3 is 1.67 bits per heavy atom. The Morgan fingerprint density at radius 1 is 0.426 bits per heavy atom. The topological polar surface area (TPSA) is 6.48 Å². The Bertz CT molecular complexity index is 3190. The van der Waals surface area contributed by atoms with Crippen LogP contribution in [0.5, 0.6) is 0 Å². The van der Waals surface area contributed by atoms with E-state index in [9.17, 15) is 0 Å². The van der Waals surface area contributed by atoms with Crippen LogP contribution in [-0.4, -0.2) is 11.1 Å². The molecule has 2 heteroatoms. The second kappa shape index (κ2) is 13.6. The van der Waals surface area contributed by atoms with Crippen molar-refractivity contribution >= 4 is 68.6 Å². The van der Waals surface area contributed by atoms with Gasteiger partial charge in [-0.15, -0.1) is 0 Å². The summed E-state index contributed by atoms with van der Waals surface area (Å²) < 4.78 is 0. The van der Waals surface area contributed by atoms with Crippen molar-refractivity contribution in [3.63, 3.8) is 0 Å². The lowest BCUT2D eigenvalue weighted by Gasteiger charge is -2.42. The van der Waals surface area contributed by atoms with E-state index in [1.54, 1.807) is 0 Å². The number of anilines is 4. The molecule has 0 radical (unpaired) electrons. The van der Waals surface area contributed by atoms with E-state index in [4.69, 9.17) is 0 Å². The Morgan fingerprint density at radius 2 is 0.967 bits per heavy atom. The molecule has 0 spiro atoms. The molecule has 0 bridgehead atoms. The molecule has 61 heavy (non-hydrogen) atoms. The third-order valence-corrected chi connectivity index (χ3v) is 13.6. The van der Waals surface area contributed by atoms with E-state index in [1.165, 1.54) is 99.9 Å². The molecule has 8 aromatic carbocycles. The molecule has 11 rings (SSSR count). The SMILES string of the molecule is CC1(C)c2cc(/C=C/c3ccc(-c4ccc5cc(N6c7ccccc7C=CC6(C)C)ccc5c4)c4ccccc34)ccc2-c2ccc(N3c4ccccc4C=CC3(C)C)cc21. The summed E-state index contributed by atoms with van der Waals surface area (Å²) >= 11 is 0. The highest BCUT2D eigenvalue weighted by Crippen LogP contribution is 2.52. The van der Waals surface area contributed by atoms with Gasteiger partial charge in [0.2, 0.25) is 0 Å². The van der Waals surface area contributed by atoms with Gasteiger partial charge in [-0.05, 0) is 147 Å². The van der Waals surface area contributed by atoms with E-state index < -0.39 is 0 Å². The maximum Gasteiger partial charge on any atom is 0.0580 e. The molecule has 0 saturated heterocycles. The maximum atomic E-state index is 2.50. The van der Waals surface area contributed by atoms with E-state index in [2.05, 4.69) is 246 Å². The smallest absolute Gasteiger partial charge is 0.0580 e. The zero-order valence-corrected chi connectivity index (χ0v) is 35.9. The minimum atomic E-state index is -0.143. The molecule has 296 valence electrons. The fourth-order valence-corrected chi connectivity index (χ4v) is 10.4. The number of para-hydroxylation sites is 2. The van der Waals surface area contributed by atoms with Gasteiger partial charge in [-0.2, -0.15) is 0 Å². The zero-order chi connectivity index (χ0) is 41.7. The van der Waals surface area contributed by atoms with Crippen molar-refractivity contribution in [2.75, 3.05) is 9.80 Å². The monoisotopic (exact) mass is 786 g/mol. The number of nitrogens with zero attached hydrogens (tertiary/aromatic N) is 2. The Balaban J connectivity index is 0.890. The first-order valence-corrected chi connectivity index (χ1v) is 21.7. The Kier molecular flexibility index (Phi) is 8.25. The summed E-state index contributed by atoms with van der Waals surface area (Å²) in [5.74, 6) is 0. The fourth-order valence-electron chi connectivity index (χ4n) is 10.4. The van der Waals surface area contributed by atoms with Crippen molar-refractivity contribution in [3.05, 3.63) is 203 Å². The van der Waals surface area contributed by atoms with E-state index in [0.29, 0.717) is 0 Å². The molecular weight excluding hydrogens is 737 g/mol. The molecule has 0 N–H and O–H groups in total. The predicted molar refractivity (Wildman–Crippen MR) is 263 cm³/mol. The standard InChI is InChI=1S/C59H50N2/c1-57(2)33-31-41-13-7-11-17-55(41)60(57)46-26-24-43-36-45(23-22-44(43)37-46)49-29-25-40(48-15-9-10-16-50(48)49)21-19-39-20-28-51-52-30-27-47(38-54(52)59(5,6)53(51)35-39)61-56-18-12-8-14-42(56)32-34-58(61,3)4/h7-38H,1-6H3/b21-19+. The molecule has 3 aliphatic rings. The van der Waals surface area contributed by atoms with Crippen molar-refractivity contribution in [2.45, 2.75) is 58.0 Å². The molecule has 1 aliphatic carbocycles. The molecule has 0 atom stereocenters. The molecule has 0 saturated carbocycles. The van der Waals surface area contributed by atoms with Gasteiger partial charge in [-0.1, -0.05) is 166 Å². The maximum absolute atomic E-state index is 2.50. The third kappa shape index (κ3) is 5.99. The fraction of sp³-hybridized carbons (Fsp3) is 0.153. The summed E-state index contributed by atoms with van der Waals surface area (Å²) in [6.07, 6.45) is 13.7. The van der Waals surface area contributed by atoms with E-state index >= 15 is 0 Å². The minimum Gasteiger partial charge on any atom is -0.332 e. The van der Waals surface area contributed by atoms with Gasteiger partial charge in [0, 0.05) is 28.2 Å². The second-order valence-electron chi connectivity index (χ2n) is 18.7. The number of benzene rings is 8. The van der Waals surface area contributed by atoms with Gasteiger partial charge in [0.05, 0.1) is 11.1 Å². The molecular formula is C59H50N2. The average Bonchev–Trinajstić information content (AvgIpc) is 3.49. The second-order valence-corrected chi connectivity index (χ2v) is 18.7. The van der Waals surface area contributed by atoms with Crippen LogP contribution in [0.3, 0.4) is 0 Å². The van der Waals surface area contributed by atoms with Gasteiger partial charge in [-0.3, -0.25) is 0 Å². The van der Waals surface area contributed by atoms with Crippen LogP contribution >= 0.6 is 0 Å². The molecule has 0 amide bonds. The van der Waals surface area contributed by atoms with Gasteiger partial charge >= 0.3 is 0 Å². The first-order chi connectivity index (χ1) is 29.5. The number of hydrogen-bond donors (Lipinski definition) is 0. The molecule has 0 aromatic heterocycles. The van der Waals surface area contributed by atoms with Crippen LogP contribution in [0.25, 0.3) is 68.1 Å². The molecule has 2 heterocycles. The largest absolute Gasteiger partial charge is 0.332 e. The minimum absolute atomic E-state index is 0.136. The van der Waals surface area contributed by atoms with Crippen LogP contribution in [0, 0.1) is 0 Å². The van der Waals surface area contributed by atoms with E-state index in [-0.39, 0.29) is 16.5 Å². The van der Waals surface area contributed by atoms with Crippen LogP contribution in [0.15, 0.2) is 170 Å². The van der Waals surface area contributed by atoms with Crippen molar-refractivity contribution < 1.29 is 0 Å². The number of fused-ring (bicyclic) bond motifs is 7. The normalized spacial score (nSPS) is 16.5. The average molecular weight is 787 g/mol. The summed E-state index contributed by atoms with van der Waals surface area (Å²) in [7, 11) is 0. The van der Waals surface area contributed by atoms with Gasteiger partial charge in [0.25, 0.3) is 0 Å². The van der Waals surface area contributed by atoms with Gasteiger partial charge in [0.1, 0.15) is 0 Å². The van der Waals surface area contributed by atoms with Gasteiger partial charge in [0.15, 0.2) is 0 Å². The van der Waals surface area contributed by atoms with E-state index in [0.717, 1.165) is 0 Å².